The van der Waals surface area contributed by atoms with E-state index in [0.29, 0.717) is 6.10 Å². The van der Waals surface area contributed by atoms with E-state index >= 15 is 0 Å². The Labute approximate surface area is 101 Å². The monoisotopic (exact) mass is 235 g/mol. The first-order chi connectivity index (χ1) is 6.74. The van der Waals surface area contributed by atoms with Crippen molar-refractivity contribution in [3.05, 3.63) is 0 Å². The van der Waals surface area contributed by atoms with Crippen LogP contribution in [0.15, 0.2) is 0 Å². The molecule has 0 aromatic rings. The van der Waals surface area contributed by atoms with E-state index in [4.69, 9.17) is 4.74 Å². The Morgan fingerprint density at radius 1 is 1.27 bits per heavy atom. The quantitative estimate of drug-likeness (QED) is 0.475. The summed E-state index contributed by atoms with van der Waals surface area (Å²) in [6, 6.07) is 0.736. The molecular weight excluding hydrogens is 210 g/mol. The molecule has 3 heteroatoms. The number of ether oxygens (including phenoxy) is 1. The minimum atomic E-state index is 0. The number of halogens is 1. The molecule has 0 aliphatic carbocycles. The van der Waals surface area contributed by atoms with Crippen molar-refractivity contribution in [1.29, 1.82) is 0 Å². The third-order valence-electron chi connectivity index (χ3n) is 3.06. The van der Waals surface area contributed by atoms with E-state index in [1.165, 1.54) is 38.5 Å². The SMILES string of the molecule is CCCCCCC(CC1CO1)N(C)C.Cl. The Balaban J connectivity index is 0.00000196. The van der Waals surface area contributed by atoms with Crippen molar-refractivity contribution < 1.29 is 4.74 Å². The lowest BCUT2D eigenvalue weighted by Gasteiger charge is -2.23. The second kappa shape index (κ2) is 8.37. The van der Waals surface area contributed by atoms with Gasteiger partial charge in [-0.2, -0.15) is 0 Å². The van der Waals surface area contributed by atoms with Crippen molar-refractivity contribution in [2.45, 2.75) is 57.6 Å². The minimum absolute atomic E-state index is 0. The normalized spacial score (nSPS) is 21.2. The highest BCUT2D eigenvalue weighted by Gasteiger charge is 2.27. The molecule has 2 unspecified atom stereocenters. The number of hydrogen-bond donors (Lipinski definition) is 0. The summed E-state index contributed by atoms with van der Waals surface area (Å²) in [7, 11) is 4.37. The van der Waals surface area contributed by atoms with Gasteiger partial charge < -0.3 is 9.64 Å². The fourth-order valence-electron chi connectivity index (χ4n) is 1.90. The zero-order chi connectivity index (χ0) is 10.4. The molecule has 0 aromatic heterocycles. The van der Waals surface area contributed by atoms with Crippen molar-refractivity contribution >= 4 is 12.4 Å². The molecule has 1 aliphatic heterocycles. The van der Waals surface area contributed by atoms with Crippen LogP contribution in [-0.2, 0) is 4.74 Å². The van der Waals surface area contributed by atoms with Crippen LogP contribution in [0.2, 0.25) is 0 Å². The summed E-state index contributed by atoms with van der Waals surface area (Å²) < 4.78 is 5.29. The first-order valence-corrected chi connectivity index (χ1v) is 6.02. The summed E-state index contributed by atoms with van der Waals surface area (Å²) in [6.07, 6.45) is 8.65. The second-order valence-corrected chi connectivity index (χ2v) is 4.66. The number of unbranched alkanes of at least 4 members (excludes halogenated alkanes) is 3. The van der Waals surface area contributed by atoms with Gasteiger partial charge in [0.25, 0.3) is 0 Å². The van der Waals surface area contributed by atoms with E-state index in [1.54, 1.807) is 0 Å². The van der Waals surface area contributed by atoms with Crippen LogP contribution in [-0.4, -0.2) is 37.7 Å². The van der Waals surface area contributed by atoms with Crippen LogP contribution in [0, 0.1) is 0 Å². The molecule has 1 aliphatic rings. The van der Waals surface area contributed by atoms with Crippen LogP contribution in [0.4, 0.5) is 0 Å². The number of epoxide rings is 1. The Kier molecular flexibility index (Phi) is 8.49. The molecule has 0 amide bonds. The van der Waals surface area contributed by atoms with Crippen LogP contribution in [0.3, 0.4) is 0 Å². The molecule has 0 spiro atoms. The van der Waals surface area contributed by atoms with Crippen molar-refractivity contribution in [1.82, 2.24) is 4.90 Å². The summed E-state index contributed by atoms with van der Waals surface area (Å²) in [4.78, 5) is 2.35. The van der Waals surface area contributed by atoms with E-state index in [-0.39, 0.29) is 12.4 Å². The molecule has 0 bridgehead atoms. The van der Waals surface area contributed by atoms with Gasteiger partial charge in [0, 0.05) is 6.04 Å². The van der Waals surface area contributed by atoms with Crippen molar-refractivity contribution in [2.24, 2.45) is 0 Å². The molecular formula is C12H26ClNO. The van der Waals surface area contributed by atoms with Gasteiger partial charge >= 0.3 is 0 Å². The molecule has 0 radical (unpaired) electrons. The van der Waals surface area contributed by atoms with Gasteiger partial charge in [-0.25, -0.2) is 0 Å². The fourth-order valence-corrected chi connectivity index (χ4v) is 1.90. The lowest BCUT2D eigenvalue weighted by molar-refractivity contribution is 0.235. The molecule has 2 nitrogen and oxygen atoms in total. The summed E-state index contributed by atoms with van der Waals surface area (Å²) in [5, 5.41) is 0. The van der Waals surface area contributed by atoms with E-state index in [1.807, 2.05) is 0 Å². The largest absolute Gasteiger partial charge is 0.373 e. The van der Waals surface area contributed by atoms with E-state index in [9.17, 15) is 0 Å². The van der Waals surface area contributed by atoms with Crippen LogP contribution in [0.5, 0.6) is 0 Å². The van der Waals surface area contributed by atoms with Gasteiger partial charge in [0.2, 0.25) is 0 Å². The van der Waals surface area contributed by atoms with Gasteiger partial charge in [0.05, 0.1) is 12.7 Å². The zero-order valence-corrected chi connectivity index (χ0v) is 11.2. The van der Waals surface area contributed by atoms with Crippen LogP contribution >= 0.6 is 12.4 Å². The molecule has 0 saturated carbocycles. The maximum absolute atomic E-state index is 5.29. The highest BCUT2D eigenvalue weighted by molar-refractivity contribution is 5.85. The zero-order valence-electron chi connectivity index (χ0n) is 10.4. The van der Waals surface area contributed by atoms with Gasteiger partial charge in [0.1, 0.15) is 0 Å². The van der Waals surface area contributed by atoms with E-state index in [0.717, 1.165) is 12.6 Å². The van der Waals surface area contributed by atoms with Crippen LogP contribution in [0.25, 0.3) is 0 Å². The Morgan fingerprint density at radius 3 is 2.40 bits per heavy atom. The molecule has 15 heavy (non-hydrogen) atoms. The van der Waals surface area contributed by atoms with Crippen LogP contribution in [0.1, 0.15) is 45.4 Å². The molecule has 0 N–H and O–H groups in total. The van der Waals surface area contributed by atoms with Crippen LogP contribution < -0.4 is 0 Å². The summed E-state index contributed by atoms with van der Waals surface area (Å²) in [5.41, 5.74) is 0. The van der Waals surface area contributed by atoms with Gasteiger partial charge in [-0.05, 0) is 26.9 Å². The predicted octanol–water partition coefficient (Wildman–Crippen LogP) is 3.10. The lowest BCUT2D eigenvalue weighted by atomic mass is 10.0. The smallest absolute Gasteiger partial charge is 0.0824 e. The minimum Gasteiger partial charge on any atom is -0.373 e. The Morgan fingerprint density at radius 2 is 1.93 bits per heavy atom. The summed E-state index contributed by atoms with van der Waals surface area (Å²) in [5.74, 6) is 0. The molecule has 1 heterocycles. The molecule has 0 aromatic carbocycles. The second-order valence-electron chi connectivity index (χ2n) is 4.66. The average Bonchev–Trinajstić information content (AvgIpc) is 2.93. The molecule has 1 rings (SSSR count). The van der Waals surface area contributed by atoms with Gasteiger partial charge in [0.15, 0.2) is 0 Å². The van der Waals surface area contributed by atoms with E-state index < -0.39 is 0 Å². The van der Waals surface area contributed by atoms with Crippen molar-refractivity contribution in [2.75, 3.05) is 20.7 Å². The maximum atomic E-state index is 5.29. The number of rotatable bonds is 8. The van der Waals surface area contributed by atoms with Gasteiger partial charge in [-0.3, -0.25) is 0 Å². The Bertz CT molecular complexity index is 149. The third kappa shape index (κ3) is 7.15. The molecule has 2 atom stereocenters. The molecule has 92 valence electrons. The highest BCUT2D eigenvalue weighted by atomic mass is 35.5. The standard InChI is InChI=1S/C12H25NO.ClH/c1-4-5-6-7-8-11(13(2)3)9-12-10-14-12;/h11-12H,4-10H2,1-3H3;1H. The third-order valence-corrected chi connectivity index (χ3v) is 3.06. The highest BCUT2D eigenvalue weighted by Crippen LogP contribution is 2.21. The fraction of sp³-hybridized carbons (Fsp3) is 1.00. The average molecular weight is 236 g/mol. The van der Waals surface area contributed by atoms with Gasteiger partial charge in [-0.1, -0.05) is 32.6 Å². The first kappa shape index (κ1) is 15.2. The van der Waals surface area contributed by atoms with Crippen molar-refractivity contribution in [3.8, 4) is 0 Å². The Hall–Kier alpha value is 0.210. The van der Waals surface area contributed by atoms with Crippen molar-refractivity contribution in [3.63, 3.8) is 0 Å². The maximum Gasteiger partial charge on any atom is 0.0824 e. The van der Waals surface area contributed by atoms with E-state index in [2.05, 4.69) is 25.9 Å². The predicted molar refractivity (Wildman–Crippen MR) is 67.8 cm³/mol. The number of hydrogen-bond acceptors (Lipinski definition) is 2. The molecule has 1 fully saturated rings. The van der Waals surface area contributed by atoms with Gasteiger partial charge in [-0.15, -0.1) is 12.4 Å². The lowest BCUT2D eigenvalue weighted by Crippen LogP contribution is -2.29. The summed E-state index contributed by atoms with van der Waals surface area (Å²) in [6.45, 7) is 3.26. The molecule has 1 saturated heterocycles. The first-order valence-electron chi connectivity index (χ1n) is 6.02. The number of nitrogens with zero attached hydrogens (tertiary/aromatic N) is 1. The topological polar surface area (TPSA) is 15.8 Å². The summed E-state index contributed by atoms with van der Waals surface area (Å²) >= 11 is 0.